The summed E-state index contributed by atoms with van der Waals surface area (Å²) in [7, 11) is -2.31. The number of rotatable bonds is 12. The van der Waals surface area contributed by atoms with Gasteiger partial charge in [-0.25, -0.2) is 0 Å². The highest BCUT2D eigenvalue weighted by molar-refractivity contribution is 6.74. The second kappa shape index (κ2) is 13.0. The van der Waals surface area contributed by atoms with Crippen molar-refractivity contribution in [2.75, 3.05) is 13.2 Å². The molecule has 1 N–H and O–H groups in total. The van der Waals surface area contributed by atoms with Crippen molar-refractivity contribution in [3.05, 3.63) is 71.8 Å². The van der Waals surface area contributed by atoms with Crippen molar-refractivity contribution in [2.24, 2.45) is 0 Å². The van der Waals surface area contributed by atoms with Crippen molar-refractivity contribution < 1.29 is 33.3 Å². The minimum atomic E-state index is -2.31. The quantitative estimate of drug-likeness (QED) is 0.365. The number of carbonyl (C=O) groups is 1. The fraction of sp³-hybridized carbons (Fsp3) is 0.567. The second-order valence-electron chi connectivity index (χ2n) is 11.9. The van der Waals surface area contributed by atoms with Crippen LogP contribution in [-0.4, -0.2) is 62.6 Å². The van der Waals surface area contributed by atoms with Gasteiger partial charge in [-0.1, -0.05) is 81.4 Å². The monoisotopic (exact) mass is 544 g/mol. The van der Waals surface area contributed by atoms with Crippen LogP contribution >= 0.6 is 0 Å². The van der Waals surface area contributed by atoms with E-state index in [2.05, 4.69) is 33.9 Å². The summed E-state index contributed by atoms with van der Waals surface area (Å²) in [6.45, 7) is 15.0. The van der Waals surface area contributed by atoms with Crippen LogP contribution in [0.4, 0.5) is 0 Å². The van der Waals surface area contributed by atoms with E-state index in [-0.39, 0.29) is 24.0 Å². The molecule has 210 valence electrons. The number of ether oxygens (including phenoxy) is 4. The van der Waals surface area contributed by atoms with Gasteiger partial charge in [0.15, 0.2) is 19.9 Å². The molecule has 4 atom stereocenters. The van der Waals surface area contributed by atoms with Crippen LogP contribution in [0.15, 0.2) is 60.7 Å². The molecule has 1 heterocycles. The summed E-state index contributed by atoms with van der Waals surface area (Å²) in [5, 5.41) is 10.9. The van der Waals surface area contributed by atoms with E-state index in [9.17, 15) is 9.90 Å². The van der Waals surface area contributed by atoms with Gasteiger partial charge < -0.3 is 28.5 Å². The van der Waals surface area contributed by atoms with Crippen LogP contribution in [0.3, 0.4) is 0 Å². The van der Waals surface area contributed by atoms with Crippen molar-refractivity contribution in [1.29, 1.82) is 0 Å². The van der Waals surface area contributed by atoms with Gasteiger partial charge >= 0.3 is 0 Å². The molecule has 38 heavy (non-hydrogen) atoms. The Morgan fingerprint density at radius 3 is 1.84 bits per heavy atom. The minimum Gasteiger partial charge on any atom is -0.408 e. The standard InChI is InChI=1S/C30H44O7Si/c1-29(2,3)38(6,7)37-25(21-34-19-23-16-12-9-13-17-23)28-26(32)27(35-30(4,5)36-28)24(31)20-33-18-22-14-10-8-11-15-22/h8-17,24-25,27-28,31H,18-21H2,1-7H3/t24-,25-,27-,28-/m1/s1. The summed E-state index contributed by atoms with van der Waals surface area (Å²) >= 11 is 0. The van der Waals surface area contributed by atoms with Crippen LogP contribution in [0.2, 0.25) is 18.1 Å². The molecule has 1 saturated heterocycles. The lowest BCUT2D eigenvalue weighted by Gasteiger charge is -2.46. The Balaban J connectivity index is 1.75. The zero-order valence-electron chi connectivity index (χ0n) is 23.8. The molecular formula is C30H44O7Si. The number of ketones is 1. The first-order valence-corrected chi connectivity index (χ1v) is 16.2. The fourth-order valence-corrected chi connectivity index (χ4v) is 5.31. The fourth-order valence-electron chi connectivity index (χ4n) is 4.01. The van der Waals surface area contributed by atoms with E-state index in [1.807, 2.05) is 60.7 Å². The normalized spacial score (nSPS) is 21.7. The van der Waals surface area contributed by atoms with E-state index in [1.54, 1.807) is 13.8 Å². The third-order valence-corrected chi connectivity index (χ3v) is 11.6. The van der Waals surface area contributed by atoms with Crippen LogP contribution in [0, 0.1) is 0 Å². The van der Waals surface area contributed by atoms with Gasteiger partial charge in [0, 0.05) is 0 Å². The van der Waals surface area contributed by atoms with E-state index in [0.29, 0.717) is 13.2 Å². The van der Waals surface area contributed by atoms with Crippen molar-refractivity contribution in [3.63, 3.8) is 0 Å². The zero-order chi connectivity index (χ0) is 28.0. The first-order chi connectivity index (χ1) is 17.8. The Morgan fingerprint density at radius 2 is 1.34 bits per heavy atom. The van der Waals surface area contributed by atoms with Crippen molar-refractivity contribution in [2.45, 2.75) is 96.2 Å². The van der Waals surface area contributed by atoms with Gasteiger partial charge in [-0.15, -0.1) is 0 Å². The highest BCUT2D eigenvalue weighted by Crippen LogP contribution is 2.39. The smallest absolute Gasteiger partial charge is 0.195 e. The molecule has 0 aromatic heterocycles. The Labute approximate surface area is 228 Å². The van der Waals surface area contributed by atoms with Crippen LogP contribution in [0.1, 0.15) is 45.7 Å². The molecule has 1 aliphatic heterocycles. The highest BCUT2D eigenvalue weighted by atomic mass is 28.4. The van der Waals surface area contributed by atoms with Gasteiger partial charge in [-0.05, 0) is 43.1 Å². The average molecular weight is 545 g/mol. The highest BCUT2D eigenvalue weighted by Gasteiger charge is 2.50. The SMILES string of the molecule is CC1(C)O[C@H]([C@H](O)COCc2ccccc2)C(=O)[C@@H]([C@@H](COCc2ccccc2)O[Si](C)(C)C(C)(C)C)O1. The lowest BCUT2D eigenvalue weighted by Crippen LogP contribution is -2.62. The third-order valence-electron chi connectivity index (χ3n) is 7.12. The van der Waals surface area contributed by atoms with E-state index in [1.165, 1.54) is 0 Å². The van der Waals surface area contributed by atoms with Crippen molar-refractivity contribution in [3.8, 4) is 0 Å². The van der Waals surface area contributed by atoms with Gasteiger partial charge in [-0.2, -0.15) is 0 Å². The second-order valence-corrected chi connectivity index (χ2v) is 16.6. The molecular weight excluding hydrogens is 500 g/mol. The molecule has 0 aliphatic carbocycles. The molecule has 1 fully saturated rings. The lowest BCUT2D eigenvalue weighted by atomic mass is 9.98. The summed E-state index contributed by atoms with van der Waals surface area (Å²) in [5.41, 5.74) is 2.01. The number of hydrogen-bond donors (Lipinski definition) is 1. The molecule has 0 saturated carbocycles. The molecule has 8 heteroatoms. The summed E-state index contributed by atoms with van der Waals surface area (Å²) in [4.78, 5) is 13.7. The van der Waals surface area contributed by atoms with Crippen LogP contribution in [0.5, 0.6) is 0 Å². The number of carbonyl (C=O) groups excluding carboxylic acids is 1. The number of aliphatic hydroxyl groups excluding tert-OH is 1. The third kappa shape index (κ3) is 8.54. The van der Waals surface area contributed by atoms with E-state index < -0.39 is 38.5 Å². The van der Waals surface area contributed by atoms with Crippen molar-refractivity contribution >= 4 is 14.1 Å². The topological polar surface area (TPSA) is 83.5 Å². The molecule has 0 bridgehead atoms. The first kappa shape index (κ1) is 30.6. The number of benzene rings is 2. The molecule has 0 radical (unpaired) electrons. The Hall–Kier alpha value is -1.91. The molecule has 0 unspecified atom stereocenters. The maximum absolute atomic E-state index is 13.7. The minimum absolute atomic E-state index is 0.0492. The van der Waals surface area contributed by atoms with Crippen LogP contribution in [-0.2, 0) is 41.4 Å². The maximum Gasteiger partial charge on any atom is 0.195 e. The molecule has 1 aliphatic rings. The number of hydrogen-bond acceptors (Lipinski definition) is 7. The average Bonchev–Trinajstić information content (AvgIpc) is 2.85. The van der Waals surface area contributed by atoms with Crippen LogP contribution in [0.25, 0.3) is 0 Å². The van der Waals surface area contributed by atoms with Gasteiger partial charge in [-0.3, -0.25) is 4.79 Å². The zero-order valence-corrected chi connectivity index (χ0v) is 24.8. The Kier molecular flexibility index (Phi) is 10.4. The summed E-state index contributed by atoms with van der Waals surface area (Å²) in [5.74, 6) is -1.48. The van der Waals surface area contributed by atoms with E-state index >= 15 is 0 Å². The lowest BCUT2D eigenvalue weighted by molar-refractivity contribution is -0.303. The first-order valence-electron chi connectivity index (χ1n) is 13.3. The van der Waals surface area contributed by atoms with Crippen LogP contribution < -0.4 is 0 Å². The number of aliphatic hydroxyl groups is 1. The number of Topliss-reactive ketones (excluding diaryl/α,β-unsaturated/α-hetero) is 1. The van der Waals surface area contributed by atoms with Gasteiger partial charge in [0.25, 0.3) is 0 Å². The van der Waals surface area contributed by atoms with E-state index in [4.69, 9.17) is 23.4 Å². The molecule has 7 nitrogen and oxygen atoms in total. The van der Waals surface area contributed by atoms with Gasteiger partial charge in [0.2, 0.25) is 0 Å². The maximum atomic E-state index is 13.7. The Morgan fingerprint density at radius 1 is 0.868 bits per heavy atom. The predicted octanol–water partition coefficient (Wildman–Crippen LogP) is 5.26. The van der Waals surface area contributed by atoms with Crippen molar-refractivity contribution in [1.82, 2.24) is 0 Å². The molecule has 3 rings (SSSR count). The van der Waals surface area contributed by atoms with Gasteiger partial charge in [0.05, 0.1) is 26.4 Å². The molecule has 0 spiro atoms. The largest absolute Gasteiger partial charge is 0.408 e. The van der Waals surface area contributed by atoms with E-state index in [0.717, 1.165) is 11.1 Å². The summed E-state index contributed by atoms with van der Waals surface area (Å²) in [6, 6.07) is 19.5. The predicted molar refractivity (Wildman–Crippen MR) is 149 cm³/mol. The molecule has 2 aromatic carbocycles. The molecule has 0 amide bonds. The Bertz CT molecular complexity index is 1000. The summed E-state index contributed by atoms with van der Waals surface area (Å²) < 4.78 is 30.6. The van der Waals surface area contributed by atoms with Gasteiger partial charge in [0.1, 0.15) is 24.4 Å². The summed E-state index contributed by atoms with van der Waals surface area (Å²) in [6.07, 6.45) is -3.89. The molecule has 2 aromatic rings.